The summed E-state index contributed by atoms with van der Waals surface area (Å²) in [5.41, 5.74) is 2.49. The second kappa shape index (κ2) is 4.42. The van der Waals surface area contributed by atoms with Gasteiger partial charge in [-0.15, -0.1) is 0 Å². The summed E-state index contributed by atoms with van der Waals surface area (Å²) < 4.78 is 38.8. The van der Waals surface area contributed by atoms with Gasteiger partial charge in [0.15, 0.2) is 17.5 Å². The summed E-state index contributed by atoms with van der Waals surface area (Å²) in [5, 5.41) is 0.622. The molecule has 1 aromatic rings. The lowest BCUT2D eigenvalue weighted by Gasteiger charge is -2.17. The molecule has 1 N–H and O–H groups in total. The fraction of sp³-hybridized carbons (Fsp3) is 0.167. The zero-order chi connectivity index (χ0) is 14.3. The lowest BCUT2D eigenvalue weighted by molar-refractivity contribution is -0.135. The maximum atomic E-state index is 13.0. The Morgan fingerprint density at radius 1 is 0.947 bits per heavy atom. The van der Waals surface area contributed by atoms with Gasteiger partial charge in [0.2, 0.25) is 0 Å². The number of anilines is 1. The Bertz CT molecular complexity index is 578. The summed E-state index contributed by atoms with van der Waals surface area (Å²) in [5.74, 6) is -5.68. The molecule has 100 valence electrons. The lowest BCUT2D eigenvalue weighted by Crippen LogP contribution is -2.36. The first-order valence-corrected chi connectivity index (χ1v) is 5.30. The van der Waals surface area contributed by atoms with Gasteiger partial charge in [0.1, 0.15) is 0 Å². The summed E-state index contributed by atoms with van der Waals surface area (Å²) in [6.07, 6.45) is 0. The van der Waals surface area contributed by atoms with Crippen molar-refractivity contribution in [3.63, 3.8) is 0 Å². The van der Waals surface area contributed by atoms with Gasteiger partial charge < -0.3 is 0 Å². The topological polar surface area (TPSA) is 49.4 Å². The highest BCUT2D eigenvalue weighted by Crippen LogP contribution is 2.23. The molecule has 0 saturated heterocycles. The molecule has 19 heavy (non-hydrogen) atoms. The molecule has 0 atom stereocenters. The maximum Gasteiger partial charge on any atom is 0.275 e. The molecule has 0 saturated carbocycles. The quantitative estimate of drug-likeness (QED) is 0.661. The Labute approximate surface area is 106 Å². The van der Waals surface area contributed by atoms with Crippen LogP contribution in [0.15, 0.2) is 23.3 Å². The van der Waals surface area contributed by atoms with Crippen LogP contribution in [0.5, 0.6) is 0 Å². The van der Waals surface area contributed by atoms with Gasteiger partial charge in [-0.1, -0.05) is 0 Å². The Morgan fingerprint density at radius 2 is 1.37 bits per heavy atom. The number of benzene rings is 1. The van der Waals surface area contributed by atoms with E-state index in [2.05, 4.69) is 5.43 Å². The van der Waals surface area contributed by atoms with Crippen LogP contribution in [-0.2, 0) is 9.59 Å². The van der Waals surface area contributed by atoms with E-state index in [0.29, 0.717) is 17.1 Å². The van der Waals surface area contributed by atoms with Crippen molar-refractivity contribution in [2.24, 2.45) is 0 Å². The molecule has 1 heterocycles. The minimum atomic E-state index is -1.62. The van der Waals surface area contributed by atoms with Crippen LogP contribution in [0.1, 0.15) is 13.8 Å². The zero-order valence-corrected chi connectivity index (χ0v) is 10.1. The van der Waals surface area contributed by atoms with Crippen molar-refractivity contribution in [3.05, 3.63) is 40.7 Å². The molecular formula is C12H9F3N2O2. The maximum absolute atomic E-state index is 13.0. The van der Waals surface area contributed by atoms with Crippen LogP contribution in [0.25, 0.3) is 0 Å². The summed E-state index contributed by atoms with van der Waals surface area (Å²) >= 11 is 0. The zero-order valence-electron chi connectivity index (χ0n) is 10.1. The first kappa shape index (κ1) is 13.1. The molecule has 0 spiro atoms. The minimum absolute atomic E-state index is 0.236. The molecule has 0 bridgehead atoms. The van der Waals surface area contributed by atoms with Gasteiger partial charge in [0.05, 0.1) is 5.69 Å². The number of halogens is 3. The molecule has 2 amide bonds. The Morgan fingerprint density at radius 3 is 1.79 bits per heavy atom. The largest absolute Gasteiger partial charge is 0.288 e. The van der Waals surface area contributed by atoms with E-state index in [0.717, 1.165) is 0 Å². The molecule has 1 aliphatic rings. The highest BCUT2D eigenvalue weighted by molar-refractivity contribution is 6.19. The Kier molecular flexibility index (Phi) is 3.05. The number of hydrogen-bond donors (Lipinski definition) is 1. The van der Waals surface area contributed by atoms with E-state index in [9.17, 15) is 22.8 Å². The van der Waals surface area contributed by atoms with Crippen LogP contribution < -0.4 is 5.43 Å². The summed E-state index contributed by atoms with van der Waals surface area (Å²) in [7, 11) is 0. The van der Waals surface area contributed by atoms with Crippen molar-refractivity contribution in [1.29, 1.82) is 0 Å². The van der Waals surface area contributed by atoms with Gasteiger partial charge in [-0.3, -0.25) is 15.0 Å². The third-order valence-corrected chi connectivity index (χ3v) is 2.83. The standard InChI is InChI=1S/C12H9F3N2O2/c1-5-6(2)12(19)17(11(5)18)16-7-3-8(13)10(15)9(14)4-7/h3-4,16H,1-2H3. The van der Waals surface area contributed by atoms with Crippen molar-refractivity contribution in [1.82, 2.24) is 5.01 Å². The molecule has 0 unspecified atom stereocenters. The third kappa shape index (κ3) is 2.07. The van der Waals surface area contributed by atoms with E-state index >= 15 is 0 Å². The molecule has 1 aliphatic heterocycles. The highest BCUT2D eigenvalue weighted by Gasteiger charge is 2.33. The van der Waals surface area contributed by atoms with E-state index in [-0.39, 0.29) is 16.8 Å². The van der Waals surface area contributed by atoms with Gasteiger partial charge in [-0.05, 0) is 13.8 Å². The number of nitrogens with zero attached hydrogens (tertiary/aromatic N) is 1. The van der Waals surface area contributed by atoms with Crippen molar-refractivity contribution < 1.29 is 22.8 Å². The van der Waals surface area contributed by atoms with Gasteiger partial charge >= 0.3 is 0 Å². The van der Waals surface area contributed by atoms with Crippen LogP contribution in [0.4, 0.5) is 18.9 Å². The normalized spacial score (nSPS) is 15.5. The van der Waals surface area contributed by atoms with Gasteiger partial charge in [0.25, 0.3) is 11.8 Å². The molecule has 7 heteroatoms. The number of amides is 2. The predicted molar refractivity (Wildman–Crippen MR) is 60.2 cm³/mol. The number of rotatable bonds is 2. The Balaban J connectivity index is 2.29. The SMILES string of the molecule is CC1=C(C)C(=O)N(Nc2cc(F)c(F)c(F)c2)C1=O. The van der Waals surface area contributed by atoms with E-state index in [4.69, 9.17) is 0 Å². The summed E-state index contributed by atoms with van der Waals surface area (Å²) in [6, 6.07) is 1.31. The number of nitrogens with one attached hydrogen (secondary N) is 1. The minimum Gasteiger partial charge on any atom is -0.288 e. The Hall–Kier alpha value is -2.31. The first-order valence-electron chi connectivity index (χ1n) is 5.30. The molecule has 2 rings (SSSR count). The fourth-order valence-electron chi connectivity index (χ4n) is 1.60. The second-order valence-corrected chi connectivity index (χ2v) is 4.06. The first-order chi connectivity index (χ1) is 8.82. The van der Waals surface area contributed by atoms with Gasteiger partial charge in [-0.25, -0.2) is 13.2 Å². The molecule has 0 aromatic heterocycles. The van der Waals surface area contributed by atoms with E-state index in [1.54, 1.807) is 0 Å². The monoisotopic (exact) mass is 270 g/mol. The van der Waals surface area contributed by atoms with Crippen molar-refractivity contribution in [3.8, 4) is 0 Å². The predicted octanol–water partition coefficient (Wildman–Crippen LogP) is 2.14. The van der Waals surface area contributed by atoms with Crippen LogP contribution >= 0.6 is 0 Å². The molecule has 0 radical (unpaired) electrons. The average Bonchev–Trinajstić information content (AvgIpc) is 2.54. The van der Waals surface area contributed by atoms with Crippen LogP contribution in [0, 0.1) is 17.5 Å². The second-order valence-electron chi connectivity index (χ2n) is 4.06. The molecule has 4 nitrogen and oxygen atoms in total. The number of hydrogen-bond acceptors (Lipinski definition) is 3. The van der Waals surface area contributed by atoms with Crippen molar-refractivity contribution in [2.45, 2.75) is 13.8 Å². The summed E-state index contributed by atoms with van der Waals surface area (Å²) in [6.45, 7) is 2.92. The van der Waals surface area contributed by atoms with E-state index in [1.807, 2.05) is 0 Å². The van der Waals surface area contributed by atoms with Gasteiger partial charge in [0, 0.05) is 23.3 Å². The molecule has 0 fully saturated rings. The highest BCUT2D eigenvalue weighted by atomic mass is 19.2. The fourth-order valence-corrected chi connectivity index (χ4v) is 1.60. The van der Waals surface area contributed by atoms with Crippen LogP contribution in [0.2, 0.25) is 0 Å². The number of hydrazine groups is 1. The average molecular weight is 270 g/mol. The van der Waals surface area contributed by atoms with Crippen molar-refractivity contribution >= 4 is 17.5 Å². The third-order valence-electron chi connectivity index (χ3n) is 2.83. The molecule has 0 aliphatic carbocycles. The number of carbonyl (C=O) groups is 2. The van der Waals surface area contributed by atoms with E-state index < -0.39 is 29.3 Å². The smallest absolute Gasteiger partial charge is 0.275 e. The number of imide groups is 1. The molecular weight excluding hydrogens is 261 g/mol. The lowest BCUT2D eigenvalue weighted by atomic mass is 10.2. The van der Waals surface area contributed by atoms with Crippen LogP contribution in [-0.4, -0.2) is 16.8 Å². The van der Waals surface area contributed by atoms with E-state index in [1.165, 1.54) is 13.8 Å². The van der Waals surface area contributed by atoms with Crippen LogP contribution in [0.3, 0.4) is 0 Å². The van der Waals surface area contributed by atoms with Gasteiger partial charge in [-0.2, -0.15) is 5.01 Å². The summed E-state index contributed by atoms with van der Waals surface area (Å²) in [4.78, 5) is 23.4. The van der Waals surface area contributed by atoms with Crippen molar-refractivity contribution in [2.75, 3.05) is 5.43 Å². The molecule has 1 aromatic carbocycles. The number of carbonyl (C=O) groups excluding carboxylic acids is 2.